The van der Waals surface area contributed by atoms with Crippen molar-refractivity contribution < 1.29 is 9.13 Å². The zero-order chi connectivity index (χ0) is 18.2. The van der Waals surface area contributed by atoms with Gasteiger partial charge in [-0.2, -0.15) is 4.98 Å². The highest BCUT2D eigenvalue weighted by Crippen LogP contribution is 2.22. The fraction of sp³-hybridized carbons (Fsp3) is 0.200. The summed E-state index contributed by atoms with van der Waals surface area (Å²) in [6.45, 7) is 1.49. The molecule has 0 unspecified atom stereocenters. The van der Waals surface area contributed by atoms with Crippen LogP contribution in [0.15, 0.2) is 60.7 Å². The van der Waals surface area contributed by atoms with Gasteiger partial charge in [-0.3, -0.25) is 0 Å². The summed E-state index contributed by atoms with van der Waals surface area (Å²) in [5, 5.41) is 6.32. The molecule has 3 rings (SSSR count). The molecule has 3 aromatic rings. The molecular weight excluding hydrogens is 331 g/mol. The molecule has 0 fully saturated rings. The molecule has 0 aliphatic heterocycles. The Morgan fingerprint density at radius 1 is 0.962 bits per heavy atom. The van der Waals surface area contributed by atoms with E-state index in [4.69, 9.17) is 4.74 Å². The van der Waals surface area contributed by atoms with Gasteiger partial charge < -0.3 is 15.4 Å². The maximum absolute atomic E-state index is 13.8. The van der Waals surface area contributed by atoms with Crippen molar-refractivity contribution in [3.8, 4) is 11.3 Å². The van der Waals surface area contributed by atoms with Gasteiger partial charge in [-0.25, -0.2) is 9.37 Å². The van der Waals surface area contributed by atoms with Crippen molar-refractivity contribution in [2.24, 2.45) is 0 Å². The second-order valence-corrected chi connectivity index (χ2v) is 5.69. The van der Waals surface area contributed by atoms with Gasteiger partial charge in [-0.1, -0.05) is 48.5 Å². The third-order valence-corrected chi connectivity index (χ3v) is 3.80. The minimum absolute atomic E-state index is 0.240. The Balaban J connectivity index is 1.83. The van der Waals surface area contributed by atoms with Gasteiger partial charge in [0.15, 0.2) is 0 Å². The van der Waals surface area contributed by atoms with E-state index >= 15 is 0 Å². The third kappa shape index (κ3) is 4.77. The van der Waals surface area contributed by atoms with E-state index < -0.39 is 0 Å². The number of aromatic nitrogens is 2. The van der Waals surface area contributed by atoms with Crippen molar-refractivity contribution in [3.63, 3.8) is 0 Å². The van der Waals surface area contributed by atoms with Gasteiger partial charge in [0.1, 0.15) is 11.6 Å². The van der Waals surface area contributed by atoms with Gasteiger partial charge in [-0.05, 0) is 6.07 Å². The zero-order valence-electron chi connectivity index (χ0n) is 14.6. The number of hydrogen-bond acceptors (Lipinski definition) is 5. The molecule has 0 saturated heterocycles. The summed E-state index contributed by atoms with van der Waals surface area (Å²) in [5.74, 6) is 0.886. The molecule has 26 heavy (non-hydrogen) atoms. The summed E-state index contributed by atoms with van der Waals surface area (Å²) >= 11 is 0. The number of nitrogens with one attached hydrogen (secondary N) is 2. The van der Waals surface area contributed by atoms with Crippen molar-refractivity contribution in [1.29, 1.82) is 0 Å². The van der Waals surface area contributed by atoms with E-state index in [0.717, 1.165) is 11.3 Å². The first-order chi connectivity index (χ1) is 12.8. The quantitative estimate of drug-likeness (QED) is 0.601. The Hall–Kier alpha value is -2.99. The average Bonchev–Trinajstić information content (AvgIpc) is 2.68. The number of hydrogen-bond donors (Lipinski definition) is 2. The SMILES string of the molecule is COCCNc1nc(NCc2ccccc2F)cc(-c2ccccc2)n1. The molecule has 1 heterocycles. The number of halogens is 1. The lowest BCUT2D eigenvalue weighted by Gasteiger charge is -2.12. The number of rotatable bonds is 8. The maximum atomic E-state index is 13.8. The largest absolute Gasteiger partial charge is 0.383 e. The summed E-state index contributed by atoms with van der Waals surface area (Å²) in [6, 6.07) is 18.4. The van der Waals surface area contributed by atoms with Crippen LogP contribution in [0.25, 0.3) is 11.3 Å². The summed E-state index contributed by atoms with van der Waals surface area (Å²) in [7, 11) is 1.64. The van der Waals surface area contributed by atoms with Crippen molar-refractivity contribution in [3.05, 3.63) is 72.0 Å². The van der Waals surface area contributed by atoms with Crippen LogP contribution in [0.4, 0.5) is 16.2 Å². The molecule has 134 valence electrons. The van der Waals surface area contributed by atoms with Crippen LogP contribution in [0.2, 0.25) is 0 Å². The fourth-order valence-corrected chi connectivity index (χ4v) is 2.47. The van der Waals surface area contributed by atoms with Crippen LogP contribution in [-0.4, -0.2) is 30.2 Å². The van der Waals surface area contributed by atoms with Gasteiger partial charge in [-0.15, -0.1) is 0 Å². The van der Waals surface area contributed by atoms with Crippen LogP contribution >= 0.6 is 0 Å². The maximum Gasteiger partial charge on any atom is 0.225 e. The second kappa shape index (κ2) is 8.92. The van der Waals surface area contributed by atoms with E-state index in [1.54, 1.807) is 19.2 Å². The highest BCUT2D eigenvalue weighted by atomic mass is 19.1. The Labute approximate surface area is 152 Å². The summed E-state index contributed by atoms with van der Waals surface area (Å²) < 4.78 is 18.9. The zero-order valence-corrected chi connectivity index (χ0v) is 14.6. The molecule has 1 aromatic heterocycles. The molecule has 0 atom stereocenters. The lowest BCUT2D eigenvalue weighted by molar-refractivity contribution is 0.210. The number of methoxy groups -OCH3 is 1. The minimum atomic E-state index is -0.240. The highest BCUT2D eigenvalue weighted by Gasteiger charge is 2.08. The van der Waals surface area contributed by atoms with E-state index in [1.807, 2.05) is 42.5 Å². The van der Waals surface area contributed by atoms with Crippen molar-refractivity contribution in [2.75, 3.05) is 30.9 Å². The Morgan fingerprint density at radius 2 is 1.73 bits per heavy atom. The molecule has 6 heteroatoms. The molecule has 0 radical (unpaired) electrons. The van der Waals surface area contributed by atoms with E-state index in [9.17, 15) is 4.39 Å². The predicted molar refractivity (Wildman–Crippen MR) is 102 cm³/mol. The number of ether oxygens (including phenoxy) is 1. The topological polar surface area (TPSA) is 59.1 Å². The van der Waals surface area contributed by atoms with E-state index in [-0.39, 0.29) is 5.82 Å². The lowest BCUT2D eigenvalue weighted by Crippen LogP contribution is -2.12. The molecule has 2 N–H and O–H groups in total. The number of nitrogens with zero attached hydrogens (tertiary/aromatic N) is 2. The molecule has 0 aliphatic carbocycles. The Kier molecular flexibility index (Phi) is 6.11. The summed E-state index contributed by atoms with van der Waals surface area (Å²) in [4.78, 5) is 9.02. The summed E-state index contributed by atoms with van der Waals surface area (Å²) in [6.07, 6.45) is 0. The first-order valence-electron chi connectivity index (χ1n) is 8.41. The summed E-state index contributed by atoms with van der Waals surface area (Å²) in [5.41, 5.74) is 2.36. The molecule has 0 bridgehead atoms. The van der Waals surface area contributed by atoms with E-state index in [0.29, 0.717) is 37.0 Å². The molecular formula is C20H21FN4O. The number of benzene rings is 2. The van der Waals surface area contributed by atoms with Gasteiger partial charge in [0.2, 0.25) is 5.95 Å². The Morgan fingerprint density at radius 3 is 2.50 bits per heavy atom. The van der Waals surface area contributed by atoms with Crippen LogP contribution in [0.5, 0.6) is 0 Å². The van der Waals surface area contributed by atoms with Gasteiger partial charge >= 0.3 is 0 Å². The molecule has 2 aromatic carbocycles. The molecule has 0 saturated carbocycles. The highest BCUT2D eigenvalue weighted by molar-refractivity contribution is 5.64. The molecule has 5 nitrogen and oxygen atoms in total. The van der Waals surface area contributed by atoms with Crippen LogP contribution in [0, 0.1) is 5.82 Å². The minimum Gasteiger partial charge on any atom is -0.383 e. The lowest BCUT2D eigenvalue weighted by atomic mass is 10.1. The first kappa shape index (κ1) is 17.8. The molecule has 0 amide bonds. The van der Waals surface area contributed by atoms with E-state index in [1.165, 1.54) is 6.07 Å². The number of anilines is 2. The van der Waals surface area contributed by atoms with Crippen molar-refractivity contribution >= 4 is 11.8 Å². The second-order valence-electron chi connectivity index (χ2n) is 5.69. The van der Waals surface area contributed by atoms with Crippen LogP contribution in [0.3, 0.4) is 0 Å². The van der Waals surface area contributed by atoms with E-state index in [2.05, 4.69) is 20.6 Å². The molecule has 0 spiro atoms. The van der Waals surface area contributed by atoms with Crippen molar-refractivity contribution in [1.82, 2.24) is 9.97 Å². The fourth-order valence-electron chi connectivity index (χ4n) is 2.47. The smallest absolute Gasteiger partial charge is 0.225 e. The normalized spacial score (nSPS) is 10.5. The third-order valence-electron chi connectivity index (χ3n) is 3.80. The van der Waals surface area contributed by atoms with Crippen LogP contribution in [0.1, 0.15) is 5.56 Å². The monoisotopic (exact) mass is 352 g/mol. The Bertz CT molecular complexity index is 842. The molecule has 0 aliphatic rings. The van der Waals surface area contributed by atoms with Gasteiger partial charge in [0, 0.05) is 37.4 Å². The van der Waals surface area contributed by atoms with Crippen LogP contribution < -0.4 is 10.6 Å². The van der Waals surface area contributed by atoms with Crippen LogP contribution in [-0.2, 0) is 11.3 Å². The van der Waals surface area contributed by atoms with Gasteiger partial charge in [0.25, 0.3) is 0 Å². The van der Waals surface area contributed by atoms with Gasteiger partial charge in [0.05, 0.1) is 12.3 Å². The first-order valence-corrected chi connectivity index (χ1v) is 8.41. The van der Waals surface area contributed by atoms with Crippen molar-refractivity contribution in [2.45, 2.75) is 6.54 Å². The standard InChI is InChI=1S/C20H21FN4O/c1-26-12-11-22-20-24-18(15-7-3-2-4-8-15)13-19(25-20)23-14-16-9-5-6-10-17(16)21/h2-10,13H,11-12,14H2,1H3,(H2,22,23,24,25). The predicted octanol–water partition coefficient (Wildman–Crippen LogP) is 3.95. The average molecular weight is 352 g/mol.